The highest BCUT2D eigenvalue weighted by molar-refractivity contribution is 7.94. The monoisotopic (exact) mass is 315 g/mol. The van der Waals surface area contributed by atoms with Gasteiger partial charge in [-0.25, -0.2) is 0 Å². The van der Waals surface area contributed by atoms with Gasteiger partial charge in [0.15, 0.2) is 0 Å². The molecule has 0 saturated carbocycles. The topological polar surface area (TPSA) is 80.5 Å². The fourth-order valence-electron chi connectivity index (χ4n) is 3.12. The summed E-state index contributed by atoms with van der Waals surface area (Å²) in [6.45, 7) is 0. The number of allylic oxidation sites excluding steroid dienone is 2. The van der Waals surface area contributed by atoms with Crippen LogP contribution in [0.5, 0.6) is 0 Å². The molecule has 0 bridgehead atoms. The number of methoxy groups -OCH3 is 1. The molecule has 7 heteroatoms. The minimum absolute atomic E-state index is 0.271. The van der Waals surface area contributed by atoms with Crippen molar-refractivity contribution >= 4 is 15.7 Å². The zero-order chi connectivity index (χ0) is 15.3. The maximum atomic E-state index is 12.5. The van der Waals surface area contributed by atoms with Crippen LogP contribution in [0.25, 0.3) is 0 Å². The minimum Gasteiger partial charge on any atom is -0.499 e. The summed E-state index contributed by atoms with van der Waals surface area (Å²) in [6.07, 6.45) is 3.20. The Morgan fingerprint density at radius 1 is 1.05 bits per heavy atom. The molecule has 2 aliphatic heterocycles. The van der Waals surface area contributed by atoms with E-state index in [2.05, 4.69) is 14.6 Å². The molecule has 112 valence electrons. The molecule has 3 atom stereocenters. The first-order valence-corrected chi connectivity index (χ1v) is 8.32. The van der Waals surface area contributed by atoms with E-state index < -0.39 is 10.0 Å². The summed E-state index contributed by atoms with van der Waals surface area (Å²) in [5.74, 6) is 0.266. The SMILES string of the molecule is COC1=CC=C2C3C1N=NC3C(c1ccccc1)=NS2(=O)=O. The van der Waals surface area contributed by atoms with Crippen molar-refractivity contribution in [2.24, 2.45) is 20.5 Å². The Morgan fingerprint density at radius 3 is 2.50 bits per heavy atom. The Balaban J connectivity index is 1.91. The summed E-state index contributed by atoms with van der Waals surface area (Å²) in [5, 5.41) is 8.53. The maximum absolute atomic E-state index is 12.5. The molecule has 0 aromatic heterocycles. The van der Waals surface area contributed by atoms with Crippen LogP contribution >= 0.6 is 0 Å². The molecule has 0 fully saturated rings. The highest BCUT2D eigenvalue weighted by atomic mass is 32.2. The summed E-state index contributed by atoms with van der Waals surface area (Å²) in [6, 6.07) is 8.46. The smallest absolute Gasteiger partial charge is 0.279 e. The maximum Gasteiger partial charge on any atom is 0.279 e. The number of hydrogen-bond acceptors (Lipinski definition) is 5. The second-order valence-corrected chi connectivity index (χ2v) is 6.91. The van der Waals surface area contributed by atoms with Crippen LogP contribution in [-0.2, 0) is 14.8 Å². The number of azo groups is 1. The van der Waals surface area contributed by atoms with E-state index in [1.165, 1.54) is 0 Å². The Morgan fingerprint density at radius 2 is 1.77 bits per heavy atom. The van der Waals surface area contributed by atoms with Gasteiger partial charge < -0.3 is 4.74 Å². The number of hydrogen-bond donors (Lipinski definition) is 0. The predicted octanol–water partition coefficient (Wildman–Crippen LogP) is 2.07. The van der Waals surface area contributed by atoms with Crippen molar-refractivity contribution in [2.45, 2.75) is 12.1 Å². The van der Waals surface area contributed by atoms with E-state index in [1.54, 1.807) is 19.3 Å². The van der Waals surface area contributed by atoms with Gasteiger partial charge in [-0.15, -0.1) is 0 Å². The Hall–Kier alpha value is -2.28. The average molecular weight is 315 g/mol. The summed E-state index contributed by atoms with van der Waals surface area (Å²) in [7, 11) is -2.16. The van der Waals surface area contributed by atoms with Gasteiger partial charge in [0.25, 0.3) is 10.0 Å². The van der Waals surface area contributed by atoms with Gasteiger partial charge in [0.1, 0.15) is 17.8 Å². The zero-order valence-electron chi connectivity index (χ0n) is 11.7. The van der Waals surface area contributed by atoms with Gasteiger partial charge >= 0.3 is 0 Å². The molecular formula is C15H13N3O3S. The third kappa shape index (κ3) is 1.78. The van der Waals surface area contributed by atoms with Gasteiger partial charge in [-0.05, 0) is 17.7 Å². The summed E-state index contributed by atoms with van der Waals surface area (Å²) in [5.41, 5.74) is 1.20. The van der Waals surface area contributed by atoms with Crippen molar-refractivity contribution in [3.63, 3.8) is 0 Å². The standard InChI is InChI=1S/C15H13N3O3S/c1-21-10-7-8-11-12-14(10)16-17-15(12)13(18-22(11,19)20)9-5-3-2-4-6-9/h2-8,12,14-15H,1H3. The van der Waals surface area contributed by atoms with E-state index in [-0.39, 0.29) is 22.9 Å². The van der Waals surface area contributed by atoms with Crippen LogP contribution in [0.2, 0.25) is 0 Å². The van der Waals surface area contributed by atoms with Crippen LogP contribution in [0.4, 0.5) is 0 Å². The number of sulfonamides is 1. The van der Waals surface area contributed by atoms with E-state index in [1.807, 2.05) is 30.3 Å². The van der Waals surface area contributed by atoms with Crippen molar-refractivity contribution in [1.82, 2.24) is 0 Å². The molecule has 0 saturated heterocycles. The lowest BCUT2D eigenvalue weighted by Gasteiger charge is -2.30. The lowest BCUT2D eigenvalue weighted by molar-refractivity contribution is 0.251. The molecule has 3 unspecified atom stereocenters. The van der Waals surface area contributed by atoms with Crippen LogP contribution in [0.15, 0.2) is 67.8 Å². The summed E-state index contributed by atoms with van der Waals surface area (Å²) >= 11 is 0. The first-order chi connectivity index (χ1) is 10.6. The first-order valence-electron chi connectivity index (χ1n) is 6.88. The van der Waals surface area contributed by atoms with Gasteiger partial charge in [0.2, 0.25) is 0 Å². The molecule has 0 radical (unpaired) electrons. The van der Waals surface area contributed by atoms with E-state index in [4.69, 9.17) is 4.74 Å². The van der Waals surface area contributed by atoms with Gasteiger partial charge in [-0.3, -0.25) is 0 Å². The van der Waals surface area contributed by atoms with Crippen LogP contribution in [0, 0.1) is 5.92 Å². The van der Waals surface area contributed by atoms with E-state index in [9.17, 15) is 8.42 Å². The Kier molecular flexibility index (Phi) is 2.80. The number of rotatable bonds is 2. The average Bonchev–Trinajstić information content (AvgIpc) is 2.97. The van der Waals surface area contributed by atoms with Crippen LogP contribution in [-0.4, -0.2) is 33.3 Å². The number of nitrogens with zero attached hydrogens (tertiary/aromatic N) is 3. The van der Waals surface area contributed by atoms with Crippen molar-refractivity contribution in [3.05, 3.63) is 58.7 Å². The van der Waals surface area contributed by atoms with E-state index >= 15 is 0 Å². The molecular weight excluding hydrogens is 302 g/mol. The fourth-order valence-corrected chi connectivity index (χ4v) is 4.54. The molecule has 4 rings (SSSR count). The second-order valence-electron chi connectivity index (χ2n) is 5.31. The molecule has 22 heavy (non-hydrogen) atoms. The Labute approximate surface area is 128 Å². The van der Waals surface area contributed by atoms with Crippen molar-refractivity contribution in [1.29, 1.82) is 0 Å². The molecule has 1 aromatic rings. The second kappa shape index (κ2) is 4.61. The molecule has 0 amide bonds. The third-order valence-electron chi connectivity index (χ3n) is 4.13. The fraction of sp³-hybridized carbons (Fsp3) is 0.267. The lowest BCUT2D eigenvalue weighted by atomic mass is 9.84. The highest BCUT2D eigenvalue weighted by Gasteiger charge is 2.51. The summed E-state index contributed by atoms with van der Waals surface area (Å²) in [4.78, 5) is 0.271. The van der Waals surface area contributed by atoms with Crippen LogP contribution in [0.3, 0.4) is 0 Å². The largest absolute Gasteiger partial charge is 0.499 e. The first kappa shape index (κ1) is 13.4. The number of ether oxygens (including phenoxy) is 1. The third-order valence-corrected chi connectivity index (χ3v) is 5.57. The van der Waals surface area contributed by atoms with Crippen LogP contribution in [0.1, 0.15) is 5.56 Å². The minimum atomic E-state index is -3.71. The van der Waals surface area contributed by atoms with Crippen molar-refractivity contribution in [2.75, 3.05) is 7.11 Å². The molecule has 1 aliphatic carbocycles. The summed E-state index contributed by atoms with van der Waals surface area (Å²) < 4.78 is 34.3. The highest BCUT2D eigenvalue weighted by Crippen LogP contribution is 2.44. The van der Waals surface area contributed by atoms with Crippen LogP contribution < -0.4 is 0 Å². The molecule has 1 aromatic carbocycles. The molecule has 6 nitrogen and oxygen atoms in total. The molecule has 3 aliphatic rings. The predicted molar refractivity (Wildman–Crippen MR) is 81.0 cm³/mol. The van der Waals surface area contributed by atoms with E-state index in [0.717, 1.165) is 5.56 Å². The zero-order valence-corrected chi connectivity index (χ0v) is 12.6. The van der Waals surface area contributed by atoms with Crippen molar-refractivity contribution < 1.29 is 13.2 Å². The molecule has 0 N–H and O–H groups in total. The van der Waals surface area contributed by atoms with Gasteiger partial charge in [0.05, 0.1) is 23.6 Å². The van der Waals surface area contributed by atoms with Gasteiger partial charge in [-0.1, -0.05) is 30.3 Å². The van der Waals surface area contributed by atoms with Crippen molar-refractivity contribution in [3.8, 4) is 0 Å². The molecule has 2 heterocycles. The number of benzene rings is 1. The molecule has 0 spiro atoms. The normalized spacial score (nSPS) is 31.0. The van der Waals surface area contributed by atoms with E-state index in [0.29, 0.717) is 11.5 Å². The van der Waals surface area contributed by atoms with Gasteiger partial charge in [0, 0.05) is 0 Å². The van der Waals surface area contributed by atoms with Gasteiger partial charge in [-0.2, -0.15) is 23.0 Å². The lowest BCUT2D eigenvalue weighted by Crippen LogP contribution is -2.41. The Bertz CT molecular complexity index is 853. The quantitative estimate of drug-likeness (QED) is 0.838.